The van der Waals surface area contributed by atoms with Gasteiger partial charge < -0.3 is 11.3 Å². The number of carbonyl (C=O) groups is 1. The average Bonchev–Trinajstić information content (AvgIpc) is 2.28. The number of carboxylic acid groups (broad SMARTS) is 1. The second-order valence-corrected chi connectivity index (χ2v) is 4.26. The quantitative estimate of drug-likeness (QED) is 0.889. The largest absolute Gasteiger partial charge is 0.481 e. The SMILES string of the molecule is Cc1ccc2cc(C(C(=O)O)C(F)F)ccc2c1.N. The van der Waals surface area contributed by atoms with Crippen molar-refractivity contribution in [2.24, 2.45) is 0 Å². The van der Waals surface area contributed by atoms with Crippen LogP contribution in [0.1, 0.15) is 17.0 Å². The molecule has 3 nitrogen and oxygen atoms in total. The van der Waals surface area contributed by atoms with Crippen molar-refractivity contribution in [3.63, 3.8) is 0 Å². The number of halogens is 2. The molecule has 0 heterocycles. The van der Waals surface area contributed by atoms with Gasteiger partial charge in [0.25, 0.3) is 6.43 Å². The van der Waals surface area contributed by atoms with Crippen molar-refractivity contribution in [3.05, 3.63) is 47.5 Å². The molecule has 0 aromatic heterocycles. The maximum atomic E-state index is 12.7. The van der Waals surface area contributed by atoms with Crippen LogP contribution in [0.5, 0.6) is 0 Å². The molecule has 4 N–H and O–H groups in total. The molecule has 19 heavy (non-hydrogen) atoms. The number of rotatable bonds is 3. The zero-order valence-electron chi connectivity index (χ0n) is 10.4. The Balaban J connectivity index is 0.00000180. The van der Waals surface area contributed by atoms with Gasteiger partial charge >= 0.3 is 5.97 Å². The van der Waals surface area contributed by atoms with E-state index in [0.717, 1.165) is 16.3 Å². The number of alkyl halides is 2. The Morgan fingerprint density at radius 1 is 1.11 bits per heavy atom. The van der Waals surface area contributed by atoms with Crippen LogP contribution in [0.2, 0.25) is 0 Å². The maximum Gasteiger partial charge on any atom is 0.316 e. The summed E-state index contributed by atoms with van der Waals surface area (Å²) in [5.74, 6) is -3.27. The first-order valence-electron chi connectivity index (χ1n) is 5.50. The zero-order chi connectivity index (χ0) is 13.3. The molecule has 0 saturated carbocycles. The van der Waals surface area contributed by atoms with Crippen molar-refractivity contribution in [2.45, 2.75) is 19.3 Å². The van der Waals surface area contributed by atoms with Crippen molar-refractivity contribution in [1.29, 1.82) is 0 Å². The van der Waals surface area contributed by atoms with Crippen LogP contribution in [0.3, 0.4) is 0 Å². The van der Waals surface area contributed by atoms with Gasteiger partial charge in [0.05, 0.1) is 0 Å². The number of carboxylic acids is 1. The number of fused-ring (bicyclic) bond motifs is 1. The number of aliphatic carboxylic acids is 1. The van der Waals surface area contributed by atoms with Gasteiger partial charge in [-0.05, 0) is 23.3 Å². The topological polar surface area (TPSA) is 72.3 Å². The molecule has 2 aromatic carbocycles. The molecule has 0 spiro atoms. The summed E-state index contributed by atoms with van der Waals surface area (Å²) in [5, 5.41) is 10.5. The molecule has 0 aliphatic rings. The van der Waals surface area contributed by atoms with Crippen molar-refractivity contribution in [2.75, 3.05) is 0 Å². The minimum absolute atomic E-state index is 0. The molecule has 0 radical (unpaired) electrons. The fourth-order valence-corrected chi connectivity index (χ4v) is 1.97. The summed E-state index contributed by atoms with van der Waals surface area (Å²) in [6, 6.07) is 10.2. The number of hydrogen-bond acceptors (Lipinski definition) is 2. The van der Waals surface area contributed by atoms with Crippen LogP contribution in [0.15, 0.2) is 36.4 Å². The van der Waals surface area contributed by atoms with Gasteiger partial charge in [-0.2, -0.15) is 0 Å². The third-order valence-electron chi connectivity index (χ3n) is 2.90. The minimum Gasteiger partial charge on any atom is -0.481 e. The van der Waals surface area contributed by atoms with Gasteiger partial charge in [0.1, 0.15) is 5.92 Å². The number of aryl methyl sites for hydroxylation is 1. The van der Waals surface area contributed by atoms with Gasteiger partial charge in [-0.25, -0.2) is 8.78 Å². The Morgan fingerprint density at radius 2 is 1.68 bits per heavy atom. The molecule has 0 fully saturated rings. The molecule has 2 aromatic rings. The highest BCUT2D eigenvalue weighted by Gasteiger charge is 2.29. The summed E-state index contributed by atoms with van der Waals surface area (Å²) < 4.78 is 25.4. The van der Waals surface area contributed by atoms with Crippen molar-refractivity contribution < 1.29 is 18.7 Å². The predicted molar refractivity (Wildman–Crippen MR) is 70.1 cm³/mol. The van der Waals surface area contributed by atoms with E-state index in [-0.39, 0.29) is 11.7 Å². The molecule has 0 aliphatic heterocycles. The zero-order valence-corrected chi connectivity index (χ0v) is 10.4. The Bertz CT molecular complexity index is 599. The van der Waals surface area contributed by atoms with Gasteiger partial charge in [-0.3, -0.25) is 4.79 Å². The van der Waals surface area contributed by atoms with Gasteiger partial charge in [0.2, 0.25) is 0 Å². The summed E-state index contributed by atoms with van der Waals surface area (Å²) in [6.45, 7) is 1.94. The van der Waals surface area contributed by atoms with Gasteiger partial charge in [0.15, 0.2) is 0 Å². The van der Waals surface area contributed by atoms with E-state index in [2.05, 4.69) is 0 Å². The Morgan fingerprint density at radius 3 is 2.26 bits per heavy atom. The molecule has 1 atom stereocenters. The number of hydrogen-bond donors (Lipinski definition) is 2. The van der Waals surface area contributed by atoms with Crippen molar-refractivity contribution in [1.82, 2.24) is 6.15 Å². The lowest BCUT2D eigenvalue weighted by atomic mass is 9.96. The molecule has 0 amide bonds. The number of benzene rings is 2. The second kappa shape index (κ2) is 5.75. The lowest BCUT2D eigenvalue weighted by Crippen LogP contribution is -2.19. The lowest BCUT2D eigenvalue weighted by Gasteiger charge is -2.12. The summed E-state index contributed by atoms with van der Waals surface area (Å²) in [7, 11) is 0. The van der Waals surface area contributed by atoms with Crippen molar-refractivity contribution >= 4 is 16.7 Å². The first-order valence-corrected chi connectivity index (χ1v) is 5.50. The first-order chi connectivity index (χ1) is 8.49. The highest BCUT2D eigenvalue weighted by molar-refractivity contribution is 5.86. The van der Waals surface area contributed by atoms with Gasteiger partial charge in [-0.1, -0.05) is 42.0 Å². The van der Waals surface area contributed by atoms with Crippen LogP contribution in [-0.2, 0) is 4.79 Å². The third-order valence-corrected chi connectivity index (χ3v) is 2.90. The smallest absolute Gasteiger partial charge is 0.316 e. The fourth-order valence-electron chi connectivity index (χ4n) is 1.97. The Hall–Kier alpha value is -2.01. The molecular weight excluding hydrogens is 252 g/mol. The van der Waals surface area contributed by atoms with E-state index in [9.17, 15) is 13.6 Å². The van der Waals surface area contributed by atoms with Crippen LogP contribution in [0.4, 0.5) is 8.78 Å². The predicted octanol–water partition coefficient (Wildman–Crippen LogP) is 3.74. The molecule has 0 bridgehead atoms. The van der Waals surface area contributed by atoms with Gasteiger partial charge in [-0.15, -0.1) is 0 Å². The molecule has 102 valence electrons. The molecule has 2 rings (SSSR count). The Kier molecular flexibility index (Phi) is 4.56. The van der Waals surface area contributed by atoms with Crippen LogP contribution < -0.4 is 6.15 Å². The molecule has 1 unspecified atom stereocenters. The van der Waals surface area contributed by atoms with E-state index in [0.29, 0.717) is 0 Å². The summed E-state index contributed by atoms with van der Waals surface area (Å²) in [6.07, 6.45) is -2.91. The van der Waals surface area contributed by atoms with Crippen LogP contribution >= 0.6 is 0 Å². The third kappa shape index (κ3) is 3.06. The van der Waals surface area contributed by atoms with Crippen molar-refractivity contribution in [3.8, 4) is 0 Å². The normalized spacial score (nSPS) is 12.2. The monoisotopic (exact) mass is 267 g/mol. The first kappa shape index (κ1) is 15.0. The second-order valence-electron chi connectivity index (χ2n) is 4.26. The minimum atomic E-state index is -2.91. The van der Waals surface area contributed by atoms with E-state index >= 15 is 0 Å². The molecule has 0 aliphatic carbocycles. The van der Waals surface area contributed by atoms with E-state index in [1.807, 2.05) is 19.1 Å². The standard InChI is InChI=1S/C14H12F2O2.H3N/c1-8-2-3-10-7-11(5-4-9(10)6-8)12(13(15)16)14(17)18;/h2-7,12-13H,1H3,(H,17,18);1H3. The van der Waals surface area contributed by atoms with Crippen LogP contribution in [0.25, 0.3) is 10.8 Å². The molecule has 0 saturated heterocycles. The maximum absolute atomic E-state index is 12.7. The van der Waals surface area contributed by atoms with E-state index in [1.165, 1.54) is 12.1 Å². The Labute approximate surface area is 109 Å². The van der Waals surface area contributed by atoms with Crippen LogP contribution in [0, 0.1) is 6.92 Å². The molecular formula is C14H15F2NO2. The van der Waals surface area contributed by atoms with E-state index in [4.69, 9.17) is 5.11 Å². The summed E-state index contributed by atoms with van der Waals surface area (Å²) >= 11 is 0. The van der Waals surface area contributed by atoms with E-state index < -0.39 is 18.3 Å². The van der Waals surface area contributed by atoms with Gasteiger partial charge in [0, 0.05) is 0 Å². The summed E-state index contributed by atoms with van der Waals surface area (Å²) in [5.41, 5.74) is 1.20. The highest BCUT2D eigenvalue weighted by atomic mass is 19.3. The molecule has 5 heteroatoms. The van der Waals surface area contributed by atoms with E-state index in [1.54, 1.807) is 12.1 Å². The fraction of sp³-hybridized carbons (Fsp3) is 0.214. The van der Waals surface area contributed by atoms with Crippen LogP contribution in [-0.4, -0.2) is 17.5 Å². The highest BCUT2D eigenvalue weighted by Crippen LogP contribution is 2.27. The summed E-state index contributed by atoms with van der Waals surface area (Å²) in [4.78, 5) is 10.9. The lowest BCUT2D eigenvalue weighted by molar-refractivity contribution is -0.142. The average molecular weight is 267 g/mol.